The van der Waals surface area contributed by atoms with Gasteiger partial charge in [-0.05, 0) is 62.4 Å². The van der Waals surface area contributed by atoms with Gasteiger partial charge in [0.15, 0.2) is 0 Å². The third kappa shape index (κ3) is 3.38. The number of nitrogens with one attached hydrogen (secondary N) is 1. The van der Waals surface area contributed by atoms with E-state index in [1.165, 1.54) is 16.7 Å². The Bertz CT molecular complexity index is 430. The first-order valence-corrected chi connectivity index (χ1v) is 7.36. The minimum atomic E-state index is 0.210. The molecule has 19 heavy (non-hydrogen) atoms. The van der Waals surface area contributed by atoms with Crippen LogP contribution in [0, 0.1) is 13.8 Å². The second-order valence-corrected chi connectivity index (χ2v) is 5.29. The van der Waals surface area contributed by atoms with Crippen LogP contribution >= 0.6 is 0 Å². The Labute approximate surface area is 116 Å². The molecular formula is C17H25NO. The third-order valence-corrected chi connectivity index (χ3v) is 3.68. The van der Waals surface area contributed by atoms with Crippen molar-refractivity contribution in [3.63, 3.8) is 0 Å². The van der Waals surface area contributed by atoms with Crippen LogP contribution in [-0.2, 0) is 4.74 Å². The van der Waals surface area contributed by atoms with Gasteiger partial charge in [-0.1, -0.05) is 25.1 Å². The largest absolute Gasteiger partial charge is 0.496 e. The molecule has 0 radical (unpaired) electrons. The van der Waals surface area contributed by atoms with E-state index in [0.29, 0.717) is 0 Å². The summed E-state index contributed by atoms with van der Waals surface area (Å²) in [6, 6.07) is 6.71. The Hall–Kier alpha value is -1.28. The summed E-state index contributed by atoms with van der Waals surface area (Å²) in [4.78, 5) is 0. The molecule has 0 bridgehead atoms. The van der Waals surface area contributed by atoms with E-state index in [1.807, 2.05) is 0 Å². The minimum absolute atomic E-state index is 0.210. The van der Waals surface area contributed by atoms with E-state index in [1.54, 1.807) is 0 Å². The van der Waals surface area contributed by atoms with Crippen molar-refractivity contribution in [2.75, 3.05) is 13.2 Å². The summed E-state index contributed by atoms with van der Waals surface area (Å²) in [6.07, 6.45) is 5.65. The van der Waals surface area contributed by atoms with Gasteiger partial charge in [-0.15, -0.1) is 0 Å². The van der Waals surface area contributed by atoms with E-state index in [9.17, 15) is 0 Å². The van der Waals surface area contributed by atoms with E-state index in [2.05, 4.69) is 50.4 Å². The van der Waals surface area contributed by atoms with Gasteiger partial charge in [-0.25, -0.2) is 0 Å². The molecule has 0 aliphatic carbocycles. The van der Waals surface area contributed by atoms with Crippen LogP contribution < -0.4 is 5.32 Å². The Kier molecular flexibility index (Phi) is 5.03. The lowest BCUT2D eigenvalue weighted by atomic mass is 9.93. The SMILES string of the molecule is CCCNC(C1=CCCCO1)c1c(C)cccc1C. The van der Waals surface area contributed by atoms with Gasteiger partial charge in [-0.3, -0.25) is 0 Å². The molecule has 2 rings (SSSR count). The summed E-state index contributed by atoms with van der Waals surface area (Å²) in [7, 11) is 0. The predicted octanol–water partition coefficient (Wildman–Crippen LogP) is 4.04. The molecule has 1 N–H and O–H groups in total. The smallest absolute Gasteiger partial charge is 0.113 e. The van der Waals surface area contributed by atoms with Crippen molar-refractivity contribution in [3.8, 4) is 0 Å². The van der Waals surface area contributed by atoms with Crippen molar-refractivity contribution in [1.29, 1.82) is 0 Å². The Morgan fingerprint density at radius 3 is 2.58 bits per heavy atom. The average molecular weight is 259 g/mol. The number of allylic oxidation sites excluding steroid dienone is 1. The van der Waals surface area contributed by atoms with Gasteiger partial charge in [0, 0.05) is 0 Å². The molecule has 0 amide bonds. The maximum absolute atomic E-state index is 5.90. The second-order valence-electron chi connectivity index (χ2n) is 5.29. The van der Waals surface area contributed by atoms with Crippen LogP contribution in [0.2, 0.25) is 0 Å². The highest BCUT2D eigenvalue weighted by atomic mass is 16.5. The molecule has 0 spiro atoms. The molecule has 2 nitrogen and oxygen atoms in total. The van der Waals surface area contributed by atoms with Crippen molar-refractivity contribution in [2.45, 2.75) is 46.1 Å². The third-order valence-electron chi connectivity index (χ3n) is 3.68. The number of benzene rings is 1. The van der Waals surface area contributed by atoms with E-state index in [4.69, 9.17) is 4.74 Å². The zero-order valence-electron chi connectivity index (χ0n) is 12.3. The lowest BCUT2D eigenvalue weighted by molar-refractivity contribution is 0.167. The fourth-order valence-corrected chi connectivity index (χ4v) is 2.69. The Morgan fingerprint density at radius 2 is 2.00 bits per heavy atom. The summed E-state index contributed by atoms with van der Waals surface area (Å²) in [5.41, 5.74) is 4.05. The molecule has 0 fully saturated rings. The van der Waals surface area contributed by atoms with Gasteiger partial charge in [-0.2, -0.15) is 0 Å². The normalized spacial score (nSPS) is 16.7. The minimum Gasteiger partial charge on any atom is -0.496 e. The summed E-state index contributed by atoms with van der Waals surface area (Å²) < 4.78 is 5.90. The van der Waals surface area contributed by atoms with Crippen LogP contribution in [0.1, 0.15) is 48.9 Å². The van der Waals surface area contributed by atoms with Crippen LogP contribution in [0.5, 0.6) is 0 Å². The molecule has 1 aliphatic rings. The Balaban J connectivity index is 2.33. The zero-order chi connectivity index (χ0) is 13.7. The second kappa shape index (κ2) is 6.76. The van der Waals surface area contributed by atoms with Crippen molar-refractivity contribution in [1.82, 2.24) is 5.32 Å². The monoisotopic (exact) mass is 259 g/mol. The first-order valence-electron chi connectivity index (χ1n) is 7.36. The van der Waals surface area contributed by atoms with Gasteiger partial charge in [0.2, 0.25) is 0 Å². The average Bonchev–Trinajstić information content (AvgIpc) is 2.43. The van der Waals surface area contributed by atoms with Gasteiger partial charge >= 0.3 is 0 Å². The molecule has 104 valence electrons. The zero-order valence-corrected chi connectivity index (χ0v) is 12.3. The van der Waals surface area contributed by atoms with E-state index >= 15 is 0 Å². The van der Waals surface area contributed by atoms with Gasteiger partial charge in [0.1, 0.15) is 5.76 Å². The van der Waals surface area contributed by atoms with Crippen LogP contribution in [0.4, 0.5) is 0 Å². The quantitative estimate of drug-likeness (QED) is 0.861. The van der Waals surface area contributed by atoms with Crippen molar-refractivity contribution >= 4 is 0 Å². The highest BCUT2D eigenvalue weighted by Gasteiger charge is 2.22. The summed E-state index contributed by atoms with van der Waals surface area (Å²) in [5.74, 6) is 1.11. The summed E-state index contributed by atoms with van der Waals surface area (Å²) >= 11 is 0. The molecule has 1 aromatic carbocycles. The van der Waals surface area contributed by atoms with E-state index in [0.717, 1.165) is 38.2 Å². The van der Waals surface area contributed by atoms with Crippen LogP contribution in [0.15, 0.2) is 30.0 Å². The molecule has 1 aliphatic heterocycles. The standard InChI is InChI=1S/C17H25NO/c1-4-11-18-17(15-10-5-6-12-19-15)16-13(2)8-7-9-14(16)3/h7-10,17-18H,4-6,11-12H2,1-3H3. The predicted molar refractivity (Wildman–Crippen MR) is 80.2 cm³/mol. The van der Waals surface area contributed by atoms with Crippen molar-refractivity contribution in [3.05, 3.63) is 46.7 Å². The molecule has 0 saturated heterocycles. The highest BCUT2D eigenvalue weighted by Crippen LogP contribution is 2.30. The van der Waals surface area contributed by atoms with E-state index < -0.39 is 0 Å². The number of rotatable bonds is 5. The molecular weight excluding hydrogens is 234 g/mol. The molecule has 0 saturated carbocycles. The number of hydrogen-bond donors (Lipinski definition) is 1. The van der Waals surface area contributed by atoms with Crippen LogP contribution in [0.3, 0.4) is 0 Å². The van der Waals surface area contributed by atoms with Gasteiger partial charge < -0.3 is 10.1 Å². The lowest BCUT2D eigenvalue weighted by Crippen LogP contribution is -2.27. The fraction of sp³-hybridized carbons (Fsp3) is 0.529. The van der Waals surface area contributed by atoms with Crippen LogP contribution in [0.25, 0.3) is 0 Å². The molecule has 1 atom stereocenters. The highest BCUT2D eigenvalue weighted by molar-refractivity contribution is 5.39. The number of hydrogen-bond acceptors (Lipinski definition) is 2. The van der Waals surface area contributed by atoms with Crippen LogP contribution in [-0.4, -0.2) is 13.2 Å². The summed E-state index contributed by atoms with van der Waals surface area (Å²) in [6.45, 7) is 8.43. The van der Waals surface area contributed by atoms with Crippen molar-refractivity contribution < 1.29 is 4.74 Å². The number of aryl methyl sites for hydroxylation is 2. The maximum atomic E-state index is 5.90. The van der Waals surface area contributed by atoms with Gasteiger partial charge in [0.25, 0.3) is 0 Å². The van der Waals surface area contributed by atoms with Gasteiger partial charge in [0.05, 0.1) is 12.6 Å². The lowest BCUT2D eigenvalue weighted by Gasteiger charge is -2.27. The first kappa shape index (κ1) is 14.1. The topological polar surface area (TPSA) is 21.3 Å². The van der Waals surface area contributed by atoms with Crippen molar-refractivity contribution in [2.24, 2.45) is 0 Å². The number of ether oxygens (including phenoxy) is 1. The fourth-order valence-electron chi connectivity index (χ4n) is 2.69. The van der Waals surface area contributed by atoms with E-state index in [-0.39, 0.29) is 6.04 Å². The molecule has 1 aromatic rings. The maximum Gasteiger partial charge on any atom is 0.113 e. The first-order chi connectivity index (χ1) is 9.24. The summed E-state index contributed by atoms with van der Waals surface area (Å²) in [5, 5.41) is 3.64. The molecule has 1 heterocycles. The Morgan fingerprint density at radius 1 is 1.26 bits per heavy atom. The molecule has 1 unspecified atom stereocenters. The molecule has 2 heteroatoms. The molecule has 0 aromatic heterocycles.